The average Bonchev–Trinajstić information content (AvgIpc) is 2.66. The van der Waals surface area contributed by atoms with E-state index in [1.54, 1.807) is 12.1 Å². The highest BCUT2D eigenvalue weighted by Crippen LogP contribution is 2.26. The Hall–Kier alpha value is -1.60. The first-order valence-corrected chi connectivity index (χ1v) is 7.35. The maximum Gasteiger partial charge on any atom is 0.126 e. The quantitative estimate of drug-likeness (QED) is 0.915. The number of hydrogen-bond acceptors (Lipinski definition) is 3. The molecule has 1 aliphatic heterocycles. The second kappa shape index (κ2) is 6.71. The Morgan fingerprint density at radius 1 is 1.30 bits per heavy atom. The van der Waals surface area contributed by atoms with Crippen LogP contribution in [0.2, 0.25) is 0 Å². The van der Waals surface area contributed by atoms with Gasteiger partial charge in [-0.3, -0.25) is 0 Å². The largest absolute Gasteiger partial charge is 0.367 e. The second-order valence-corrected chi connectivity index (χ2v) is 5.52. The number of nitrogens with zero attached hydrogens (tertiary/aromatic N) is 2. The number of nitriles is 1. The molecule has 3 nitrogen and oxygen atoms in total. The van der Waals surface area contributed by atoms with Crippen molar-refractivity contribution in [3.8, 4) is 6.07 Å². The van der Waals surface area contributed by atoms with Crippen molar-refractivity contribution >= 4 is 5.69 Å². The highest BCUT2D eigenvalue weighted by Gasteiger charge is 2.32. The zero-order valence-corrected chi connectivity index (χ0v) is 12.0. The third-order valence-electron chi connectivity index (χ3n) is 3.91. The molecule has 108 valence electrons. The van der Waals surface area contributed by atoms with E-state index in [4.69, 9.17) is 0 Å². The Morgan fingerprint density at radius 2 is 2.05 bits per heavy atom. The molecule has 1 aromatic carbocycles. The molecule has 1 aliphatic rings. The SMILES string of the molecule is CCCN1CCCC(C#N)(Nc2ccc(F)cc2)CC1. The van der Waals surface area contributed by atoms with E-state index in [9.17, 15) is 9.65 Å². The fraction of sp³-hybridized carbons (Fsp3) is 0.562. The van der Waals surface area contributed by atoms with Crippen LogP contribution in [0.15, 0.2) is 24.3 Å². The smallest absolute Gasteiger partial charge is 0.126 e. The second-order valence-electron chi connectivity index (χ2n) is 5.52. The predicted octanol–water partition coefficient (Wildman–Crippen LogP) is 3.40. The van der Waals surface area contributed by atoms with Crippen LogP contribution in [0.4, 0.5) is 10.1 Å². The summed E-state index contributed by atoms with van der Waals surface area (Å²) in [6.07, 6.45) is 3.80. The molecule has 1 saturated heterocycles. The Bertz CT molecular complexity index is 466. The van der Waals surface area contributed by atoms with Crippen LogP contribution in [0.25, 0.3) is 0 Å². The first-order valence-electron chi connectivity index (χ1n) is 7.35. The molecular formula is C16H22FN3. The van der Waals surface area contributed by atoms with E-state index in [1.807, 2.05) is 0 Å². The van der Waals surface area contributed by atoms with Gasteiger partial charge in [-0.05, 0) is 63.0 Å². The summed E-state index contributed by atoms with van der Waals surface area (Å²) in [7, 11) is 0. The van der Waals surface area contributed by atoms with Crippen molar-refractivity contribution in [1.82, 2.24) is 4.90 Å². The summed E-state index contributed by atoms with van der Waals surface area (Å²) in [4.78, 5) is 2.42. The number of likely N-dealkylation sites (tertiary alicyclic amines) is 1. The molecule has 1 atom stereocenters. The lowest BCUT2D eigenvalue weighted by Gasteiger charge is -2.28. The lowest BCUT2D eigenvalue weighted by molar-refractivity contribution is 0.283. The minimum absolute atomic E-state index is 0.253. The Kier molecular flexibility index (Phi) is 4.97. The molecule has 4 heteroatoms. The summed E-state index contributed by atoms with van der Waals surface area (Å²) in [5, 5.41) is 12.9. The molecule has 0 saturated carbocycles. The Morgan fingerprint density at radius 3 is 2.70 bits per heavy atom. The fourth-order valence-electron chi connectivity index (χ4n) is 2.80. The lowest BCUT2D eigenvalue weighted by Crippen LogP contribution is -2.38. The van der Waals surface area contributed by atoms with E-state index in [0.29, 0.717) is 0 Å². The molecule has 0 amide bonds. The summed E-state index contributed by atoms with van der Waals surface area (Å²) in [6, 6.07) is 8.69. The van der Waals surface area contributed by atoms with Crippen molar-refractivity contribution in [2.75, 3.05) is 25.0 Å². The third-order valence-corrected chi connectivity index (χ3v) is 3.91. The van der Waals surface area contributed by atoms with Gasteiger partial charge in [0, 0.05) is 12.2 Å². The van der Waals surface area contributed by atoms with Gasteiger partial charge in [-0.1, -0.05) is 6.92 Å². The van der Waals surface area contributed by atoms with E-state index in [1.165, 1.54) is 12.1 Å². The molecule has 1 N–H and O–H groups in total. The third kappa shape index (κ3) is 3.71. The van der Waals surface area contributed by atoms with E-state index in [-0.39, 0.29) is 5.82 Å². The summed E-state index contributed by atoms with van der Waals surface area (Å²) in [6.45, 7) is 5.27. The number of anilines is 1. The number of benzene rings is 1. The monoisotopic (exact) mass is 275 g/mol. The molecule has 0 aromatic heterocycles. The number of halogens is 1. The van der Waals surface area contributed by atoms with Gasteiger partial charge >= 0.3 is 0 Å². The molecular weight excluding hydrogens is 253 g/mol. The van der Waals surface area contributed by atoms with Crippen LogP contribution in [0.3, 0.4) is 0 Å². The average molecular weight is 275 g/mol. The first kappa shape index (κ1) is 14.8. The van der Waals surface area contributed by atoms with Crippen molar-refractivity contribution in [2.45, 2.75) is 38.1 Å². The number of hydrogen-bond donors (Lipinski definition) is 1. The zero-order chi connectivity index (χ0) is 14.4. The molecule has 20 heavy (non-hydrogen) atoms. The Balaban J connectivity index is 2.06. The van der Waals surface area contributed by atoms with Gasteiger partial charge in [0.1, 0.15) is 11.4 Å². The number of rotatable bonds is 4. The molecule has 0 radical (unpaired) electrons. The van der Waals surface area contributed by atoms with E-state index in [0.717, 1.165) is 51.0 Å². The van der Waals surface area contributed by atoms with Gasteiger partial charge in [-0.25, -0.2) is 4.39 Å². The van der Waals surface area contributed by atoms with Crippen LogP contribution < -0.4 is 5.32 Å². The first-order chi connectivity index (χ1) is 9.67. The van der Waals surface area contributed by atoms with Gasteiger partial charge in [0.15, 0.2) is 0 Å². The summed E-state index contributed by atoms with van der Waals surface area (Å²) < 4.78 is 12.9. The topological polar surface area (TPSA) is 39.1 Å². The van der Waals surface area contributed by atoms with Crippen LogP contribution in [-0.2, 0) is 0 Å². The Labute approximate surface area is 120 Å². The van der Waals surface area contributed by atoms with E-state index in [2.05, 4.69) is 23.2 Å². The molecule has 1 heterocycles. The zero-order valence-electron chi connectivity index (χ0n) is 12.0. The van der Waals surface area contributed by atoms with Gasteiger partial charge in [-0.2, -0.15) is 5.26 Å². The number of nitrogens with one attached hydrogen (secondary N) is 1. The van der Waals surface area contributed by atoms with Crippen LogP contribution in [0.1, 0.15) is 32.6 Å². The minimum atomic E-state index is -0.527. The van der Waals surface area contributed by atoms with Crippen molar-refractivity contribution in [2.24, 2.45) is 0 Å². The minimum Gasteiger partial charge on any atom is -0.367 e. The summed E-state index contributed by atoms with van der Waals surface area (Å²) in [5.74, 6) is -0.253. The van der Waals surface area contributed by atoms with E-state index < -0.39 is 5.54 Å². The van der Waals surface area contributed by atoms with Gasteiger partial charge in [0.2, 0.25) is 0 Å². The highest BCUT2D eigenvalue weighted by atomic mass is 19.1. The van der Waals surface area contributed by atoms with Gasteiger partial charge in [0.25, 0.3) is 0 Å². The molecule has 0 bridgehead atoms. The molecule has 1 fully saturated rings. The highest BCUT2D eigenvalue weighted by molar-refractivity contribution is 5.47. The van der Waals surface area contributed by atoms with Crippen molar-refractivity contribution < 1.29 is 4.39 Å². The van der Waals surface area contributed by atoms with Crippen LogP contribution in [0.5, 0.6) is 0 Å². The molecule has 0 aliphatic carbocycles. The van der Waals surface area contributed by atoms with Gasteiger partial charge in [-0.15, -0.1) is 0 Å². The van der Waals surface area contributed by atoms with Gasteiger partial charge in [0.05, 0.1) is 6.07 Å². The van der Waals surface area contributed by atoms with Crippen molar-refractivity contribution in [3.63, 3.8) is 0 Å². The maximum atomic E-state index is 12.9. The summed E-state index contributed by atoms with van der Waals surface area (Å²) in [5.41, 5.74) is 0.289. The van der Waals surface area contributed by atoms with Crippen LogP contribution >= 0.6 is 0 Å². The lowest BCUT2D eigenvalue weighted by atomic mass is 9.92. The molecule has 2 rings (SSSR count). The summed E-state index contributed by atoms with van der Waals surface area (Å²) >= 11 is 0. The molecule has 1 unspecified atom stereocenters. The van der Waals surface area contributed by atoms with Crippen LogP contribution in [-0.4, -0.2) is 30.1 Å². The molecule has 0 spiro atoms. The maximum absolute atomic E-state index is 12.9. The van der Waals surface area contributed by atoms with Crippen LogP contribution in [0, 0.1) is 17.1 Å². The van der Waals surface area contributed by atoms with E-state index >= 15 is 0 Å². The van der Waals surface area contributed by atoms with Crippen molar-refractivity contribution in [3.05, 3.63) is 30.1 Å². The van der Waals surface area contributed by atoms with Crippen molar-refractivity contribution in [1.29, 1.82) is 5.26 Å². The predicted molar refractivity (Wildman–Crippen MR) is 78.9 cm³/mol. The molecule has 1 aromatic rings. The standard InChI is InChI=1S/C16H22FN3/c1-2-10-20-11-3-8-16(13-18,9-12-20)19-15-6-4-14(17)5-7-15/h4-7,19H,2-3,8-12H2,1H3. The fourth-order valence-corrected chi connectivity index (χ4v) is 2.80. The van der Waals surface area contributed by atoms with Gasteiger partial charge < -0.3 is 10.2 Å². The normalized spacial score (nSPS) is 23.9.